The molecule has 0 saturated carbocycles. The molecule has 1 aliphatic heterocycles. The van der Waals surface area contributed by atoms with Crippen molar-refractivity contribution in [1.29, 1.82) is 0 Å². The van der Waals surface area contributed by atoms with Gasteiger partial charge >= 0.3 is 0 Å². The molecule has 0 aliphatic carbocycles. The van der Waals surface area contributed by atoms with Gasteiger partial charge in [0.05, 0.1) is 0 Å². The van der Waals surface area contributed by atoms with E-state index in [9.17, 15) is 0 Å². The molecule has 0 radical (unpaired) electrons. The predicted octanol–water partition coefficient (Wildman–Crippen LogP) is 5.67. The molecular weight excluding hydrogens is 288 g/mol. The SMILES string of the molecule is Cc1ccccc1SC1=CCOc2c1ccc1ccccc21. The van der Waals surface area contributed by atoms with Crippen LogP contribution < -0.4 is 4.74 Å². The lowest BCUT2D eigenvalue weighted by molar-refractivity contribution is 0.362. The highest BCUT2D eigenvalue weighted by Gasteiger charge is 2.17. The van der Waals surface area contributed by atoms with Crippen LogP contribution in [0.25, 0.3) is 15.7 Å². The lowest BCUT2D eigenvalue weighted by atomic mass is 10.0. The zero-order valence-electron chi connectivity index (χ0n) is 12.4. The van der Waals surface area contributed by atoms with E-state index in [4.69, 9.17) is 4.74 Å². The number of rotatable bonds is 2. The van der Waals surface area contributed by atoms with Crippen molar-refractivity contribution in [2.75, 3.05) is 6.61 Å². The summed E-state index contributed by atoms with van der Waals surface area (Å²) in [5.74, 6) is 1.01. The van der Waals surface area contributed by atoms with Crippen LogP contribution in [0.4, 0.5) is 0 Å². The van der Waals surface area contributed by atoms with E-state index in [2.05, 4.69) is 73.7 Å². The van der Waals surface area contributed by atoms with E-state index >= 15 is 0 Å². The molecule has 3 aromatic carbocycles. The van der Waals surface area contributed by atoms with Gasteiger partial charge in [-0.05, 0) is 36.1 Å². The Morgan fingerprint density at radius 3 is 2.64 bits per heavy atom. The standard InChI is InChI=1S/C20H16OS/c1-14-6-2-5-9-18(14)22-19-12-13-21-20-16-8-4-3-7-15(16)10-11-17(19)20/h2-12H,13H2,1H3. The van der Waals surface area contributed by atoms with Crippen LogP contribution in [-0.2, 0) is 0 Å². The summed E-state index contributed by atoms with van der Waals surface area (Å²) in [6.45, 7) is 2.79. The molecular formula is C20H16OS. The van der Waals surface area contributed by atoms with Gasteiger partial charge in [-0.25, -0.2) is 0 Å². The van der Waals surface area contributed by atoms with Crippen LogP contribution in [0.1, 0.15) is 11.1 Å². The largest absolute Gasteiger partial charge is 0.488 e. The number of fused-ring (bicyclic) bond motifs is 3. The van der Waals surface area contributed by atoms with Crippen molar-refractivity contribution < 1.29 is 4.74 Å². The lowest BCUT2D eigenvalue weighted by Crippen LogP contribution is -2.04. The van der Waals surface area contributed by atoms with Gasteiger partial charge in [-0.15, -0.1) is 0 Å². The normalized spacial score (nSPS) is 13.4. The third kappa shape index (κ3) is 2.30. The maximum Gasteiger partial charge on any atom is 0.135 e. The molecule has 1 aliphatic rings. The van der Waals surface area contributed by atoms with E-state index in [1.165, 1.54) is 31.7 Å². The van der Waals surface area contributed by atoms with Crippen molar-refractivity contribution in [2.24, 2.45) is 0 Å². The summed E-state index contributed by atoms with van der Waals surface area (Å²) in [6, 6.07) is 21.3. The zero-order valence-corrected chi connectivity index (χ0v) is 13.2. The Morgan fingerprint density at radius 1 is 0.909 bits per heavy atom. The molecule has 2 heteroatoms. The first-order chi connectivity index (χ1) is 10.8. The smallest absolute Gasteiger partial charge is 0.135 e. The second-order valence-electron chi connectivity index (χ2n) is 5.41. The molecule has 0 aromatic heterocycles. The highest BCUT2D eigenvalue weighted by atomic mass is 32.2. The molecule has 0 atom stereocenters. The average Bonchev–Trinajstić information content (AvgIpc) is 2.57. The number of hydrogen-bond donors (Lipinski definition) is 0. The van der Waals surface area contributed by atoms with Crippen molar-refractivity contribution in [3.8, 4) is 5.75 Å². The van der Waals surface area contributed by atoms with Crippen LogP contribution in [0.3, 0.4) is 0 Å². The Kier molecular flexibility index (Phi) is 3.39. The van der Waals surface area contributed by atoms with Crippen molar-refractivity contribution >= 4 is 27.4 Å². The molecule has 0 saturated heterocycles. The van der Waals surface area contributed by atoms with Crippen molar-refractivity contribution in [3.05, 3.63) is 77.9 Å². The molecule has 22 heavy (non-hydrogen) atoms. The van der Waals surface area contributed by atoms with E-state index in [0.29, 0.717) is 6.61 Å². The van der Waals surface area contributed by atoms with Gasteiger partial charge in [-0.1, -0.05) is 60.3 Å². The summed E-state index contributed by atoms with van der Waals surface area (Å²) in [4.78, 5) is 2.58. The number of hydrogen-bond acceptors (Lipinski definition) is 2. The first-order valence-corrected chi connectivity index (χ1v) is 8.23. The molecule has 0 unspecified atom stereocenters. The van der Waals surface area contributed by atoms with Gasteiger partial charge in [0.15, 0.2) is 0 Å². The maximum absolute atomic E-state index is 5.95. The number of benzene rings is 3. The van der Waals surface area contributed by atoms with E-state index in [1.54, 1.807) is 0 Å². The molecule has 4 rings (SSSR count). The lowest BCUT2D eigenvalue weighted by Gasteiger charge is -2.20. The van der Waals surface area contributed by atoms with Gasteiger partial charge in [0.1, 0.15) is 12.4 Å². The summed E-state index contributed by atoms with van der Waals surface area (Å²) in [5, 5.41) is 2.42. The van der Waals surface area contributed by atoms with E-state index in [1.807, 2.05) is 11.8 Å². The third-order valence-corrected chi connectivity index (χ3v) is 5.24. The molecule has 108 valence electrons. The van der Waals surface area contributed by atoms with Crippen molar-refractivity contribution in [3.63, 3.8) is 0 Å². The van der Waals surface area contributed by atoms with Gasteiger partial charge in [0.25, 0.3) is 0 Å². The average molecular weight is 304 g/mol. The predicted molar refractivity (Wildman–Crippen MR) is 94.5 cm³/mol. The summed E-state index contributed by atoms with van der Waals surface area (Å²) >= 11 is 1.82. The monoisotopic (exact) mass is 304 g/mol. The Labute approximate surface area is 134 Å². The zero-order chi connectivity index (χ0) is 14.9. The summed E-state index contributed by atoms with van der Waals surface area (Å²) in [5.41, 5.74) is 2.50. The van der Waals surface area contributed by atoms with Crippen LogP contribution in [0.2, 0.25) is 0 Å². The van der Waals surface area contributed by atoms with Gasteiger partial charge in [-0.2, -0.15) is 0 Å². The second kappa shape index (κ2) is 5.54. The molecule has 1 nitrogen and oxygen atoms in total. The second-order valence-corrected chi connectivity index (χ2v) is 6.49. The van der Waals surface area contributed by atoms with Crippen molar-refractivity contribution in [1.82, 2.24) is 0 Å². The first-order valence-electron chi connectivity index (χ1n) is 7.41. The van der Waals surface area contributed by atoms with E-state index in [0.717, 1.165) is 5.75 Å². The minimum atomic E-state index is 0.634. The third-order valence-electron chi connectivity index (χ3n) is 3.95. The molecule has 0 N–H and O–H groups in total. The van der Waals surface area contributed by atoms with Gasteiger partial charge in [0, 0.05) is 20.8 Å². The summed E-state index contributed by atoms with van der Waals surface area (Å²) in [7, 11) is 0. The Bertz CT molecular complexity index is 880. The molecule has 3 aromatic rings. The van der Waals surface area contributed by atoms with Gasteiger partial charge in [-0.3, -0.25) is 0 Å². The van der Waals surface area contributed by atoms with Crippen LogP contribution in [0, 0.1) is 6.92 Å². The fraction of sp³-hybridized carbons (Fsp3) is 0.100. The topological polar surface area (TPSA) is 9.23 Å². The number of ether oxygens (including phenoxy) is 1. The number of thioether (sulfide) groups is 1. The quantitative estimate of drug-likeness (QED) is 0.603. The Hall–Kier alpha value is -2.19. The van der Waals surface area contributed by atoms with E-state index < -0.39 is 0 Å². The molecule has 0 spiro atoms. The first kappa shape index (κ1) is 13.5. The fourth-order valence-corrected chi connectivity index (χ4v) is 3.82. The molecule has 0 bridgehead atoms. The summed E-state index contributed by atoms with van der Waals surface area (Å²) < 4.78 is 5.95. The van der Waals surface area contributed by atoms with Crippen LogP contribution >= 0.6 is 11.8 Å². The minimum absolute atomic E-state index is 0.634. The Morgan fingerprint density at radius 2 is 1.73 bits per heavy atom. The van der Waals surface area contributed by atoms with Crippen LogP contribution in [0.5, 0.6) is 5.75 Å². The van der Waals surface area contributed by atoms with Gasteiger partial charge in [0.2, 0.25) is 0 Å². The van der Waals surface area contributed by atoms with Crippen LogP contribution in [-0.4, -0.2) is 6.61 Å². The summed E-state index contributed by atoms with van der Waals surface area (Å²) in [6.07, 6.45) is 2.17. The van der Waals surface area contributed by atoms with Crippen molar-refractivity contribution in [2.45, 2.75) is 11.8 Å². The Balaban J connectivity index is 1.80. The highest BCUT2D eigenvalue weighted by molar-refractivity contribution is 8.08. The maximum atomic E-state index is 5.95. The molecule has 0 fully saturated rings. The number of aryl methyl sites for hydroxylation is 1. The van der Waals surface area contributed by atoms with E-state index in [-0.39, 0.29) is 0 Å². The fourth-order valence-electron chi connectivity index (χ4n) is 2.79. The minimum Gasteiger partial charge on any atom is -0.488 e. The molecule has 0 amide bonds. The van der Waals surface area contributed by atoms with Gasteiger partial charge < -0.3 is 4.74 Å². The highest BCUT2D eigenvalue weighted by Crippen LogP contribution is 2.44. The van der Waals surface area contributed by atoms with Crippen LogP contribution in [0.15, 0.2) is 71.6 Å². The molecule has 1 heterocycles.